The molecule has 0 spiro atoms. The minimum atomic E-state index is -0.782. The van der Waals surface area contributed by atoms with E-state index in [-0.39, 0.29) is 25.2 Å². The number of aliphatic hydroxyl groups is 1. The Labute approximate surface area is 284 Å². The normalized spacial score (nSPS) is 12.7. The van der Waals surface area contributed by atoms with E-state index in [0.29, 0.717) is 12.8 Å². The first-order chi connectivity index (χ1) is 22.6. The average Bonchev–Trinajstić information content (AvgIpc) is 3.06. The molecule has 5 nitrogen and oxygen atoms in total. The number of carbonyl (C=O) groups excluding carboxylic acids is 2. The van der Waals surface area contributed by atoms with Gasteiger partial charge < -0.3 is 14.6 Å². The van der Waals surface area contributed by atoms with Crippen LogP contribution in [0.15, 0.2) is 48.6 Å². The second-order valence-electron chi connectivity index (χ2n) is 12.6. The number of hydrogen-bond acceptors (Lipinski definition) is 5. The zero-order valence-corrected chi connectivity index (χ0v) is 30.1. The molecule has 0 fully saturated rings. The molecule has 0 saturated heterocycles. The fourth-order valence-electron chi connectivity index (χ4n) is 5.25. The summed E-state index contributed by atoms with van der Waals surface area (Å²) >= 11 is 0. The van der Waals surface area contributed by atoms with Crippen LogP contribution in [0.4, 0.5) is 0 Å². The van der Waals surface area contributed by atoms with Crippen LogP contribution >= 0.6 is 0 Å². The smallest absolute Gasteiger partial charge is 0.306 e. The monoisotopic (exact) mass is 645 g/mol. The van der Waals surface area contributed by atoms with Crippen LogP contribution in [0, 0.1) is 0 Å². The van der Waals surface area contributed by atoms with Gasteiger partial charge in [-0.1, -0.05) is 165 Å². The molecule has 1 N–H and O–H groups in total. The average molecular weight is 645 g/mol. The summed E-state index contributed by atoms with van der Waals surface area (Å²) in [5.74, 6) is -0.617. The maximum atomic E-state index is 12.1. The van der Waals surface area contributed by atoms with E-state index in [1.807, 2.05) is 0 Å². The van der Waals surface area contributed by atoms with Crippen molar-refractivity contribution in [2.45, 2.75) is 187 Å². The van der Waals surface area contributed by atoms with Crippen LogP contribution in [-0.4, -0.2) is 36.4 Å². The summed E-state index contributed by atoms with van der Waals surface area (Å²) in [6.45, 7) is 4.00. The summed E-state index contributed by atoms with van der Waals surface area (Å²) in [5.41, 5.74) is 0. The highest BCUT2D eigenvalue weighted by Gasteiger charge is 2.16. The van der Waals surface area contributed by atoms with Crippen molar-refractivity contribution in [1.82, 2.24) is 0 Å². The van der Waals surface area contributed by atoms with Crippen LogP contribution < -0.4 is 0 Å². The van der Waals surface area contributed by atoms with Gasteiger partial charge in [-0.25, -0.2) is 0 Å². The topological polar surface area (TPSA) is 72.8 Å². The number of aliphatic hydroxyl groups excluding tert-OH is 1. The molecule has 1 atom stereocenters. The third-order valence-electron chi connectivity index (χ3n) is 8.14. The summed E-state index contributed by atoms with van der Waals surface area (Å²) in [4.78, 5) is 24.2. The van der Waals surface area contributed by atoms with E-state index in [0.717, 1.165) is 77.0 Å². The van der Waals surface area contributed by atoms with Crippen molar-refractivity contribution in [2.75, 3.05) is 13.2 Å². The summed E-state index contributed by atoms with van der Waals surface area (Å²) in [6.07, 6.45) is 45.9. The van der Waals surface area contributed by atoms with Crippen molar-refractivity contribution in [3.05, 3.63) is 48.6 Å². The second kappa shape index (κ2) is 37.3. The molecule has 0 bridgehead atoms. The Balaban J connectivity index is 3.61. The van der Waals surface area contributed by atoms with Crippen molar-refractivity contribution in [3.8, 4) is 0 Å². The van der Waals surface area contributed by atoms with Gasteiger partial charge in [0.2, 0.25) is 0 Å². The van der Waals surface area contributed by atoms with Crippen LogP contribution in [0.2, 0.25) is 0 Å². The molecular formula is C41H72O5. The Hall–Kier alpha value is -2.14. The Bertz CT molecular complexity index is 782. The highest BCUT2D eigenvalue weighted by Crippen LogP contribution is 2.14. The molecule has 0 amide bonds. The van der Waals surface area contributed by atoms with Crippen molar-refractivity contribution < 1.29 is 24.2 Å². The molecule has 0 radical (unpaired) electrons. The van der Waals surface area contributed by atoms with Crippen molar-refractivity contribution >= 4 is 11.9 Å². The number of ether oxygens (including phenoxy) is 2. The van der Waals surface area contributed by atoms with Crippen LogP contribution in [0.25, 0.3) is 0 Å². The predicted molar refractivity (Wildman–Crippen MR) is 196 cm³/mol. The van der Waals surface area contributed by atoms with Crippen molar-refractivity contribution in [3.63, 3.8) is 0 Å². The van der Waals surface area contributed by atoms with E-state index in [1.54, 1.807) is 0 Å². The van der Waals surface area contributed by atoms with E-state index in [2.05, 4.69) is 62.5 Å². The lowest BCUT2D eigenvalue weighted by atomic mass is 10.0. The number of carbonyl (C=O) groups is 2. The van der Waals surface area contributed by atoms with Gasteiger partial charge in [0.25, 0.3) is 0 Å². The van der Waals surface area contributed by atoms with Crippen molar-refractivity contribution in [2.24, 2.45) is 0 Å². The lowest BCUT2D eigenvalue weighted by Gasteiger charge is -2.15. The zero-order valence-electron chi connectivity index (χ0n) is 30.1. The van der Waals surface area contributed by atoms with Crippen LogP contribution in [0.3, 0.4) is 0 Å². The largest absolute Gasteiger partial charge is 0.462 e. The molecular weight excluding hydrogens is 572 g/mol. The van der Waals surface area contributed by atoms with E-state index < -0.39 is 6.10 Å². The van der Waals surface area contributed by atoms with Crippen LogP contribution in [0.1, 0.15) is 181 Å². The molecule has 0 aromatic heterocycles. The highest BCUT2D eigenvalue weighted by atomic mass is 16.6. The lowest BCUT2D eigenvalue weighted by Crippen LogP contribution is -2.28. The molecule has 0 aromatic rings. The maximum Gasteiger partial charge on any atom is 0.306 e. The minimum absolute atomic E-state index is 0.0747. The maximum absolute atomic E-state index is 12.1. The molecule has 1 unspecified atom stereocenters. The molecule has 0 aromatic carbocycles. The van der Waals surface area contributed by atoms with E-state index in [9.17, 15) is 14.7 Å². The molecule has 0 heterocycles. The first-order valence-electron chi connectivity index (χ1n) is 19.2. The van der Waals surface area contributed by atoms with Gasteiger partial charge in [-0.05, 0) is 51.4 Å². The first-order valence-corrected chi connectivity index (χ1v) is 19.2. The van der Waals surface area contributed by atoms with E-state index in [4.69, 9.17) is 9.47 Å². The van der Waals surface area contributed by atoms with Gasteiger partial charge in [0.15, 0.2) is 6.10 Å². The summed E-state index contributed by atoms with van der Waals surface area (Å²) in [6, 6.07) is 0. The van der Waals surface area contributed by atoms with Gasteiger partial charge in [0.05, 0.1) is 6.61 Å². The number of unbranched alkanes of at least 4 members (excludes halogenated alkanes) is 18. The summed E-state index contributed by atoms with van der Waals surface area (Å²) in [5, 5.41) is 9.54. The van der Waals surface area contributed by atoms with Gasteiger partial charge in [-0.2, -0.15) is 0 Å². The molecule has 0 rings (SSSR count). The van der Waals surface area contributed by atoms with Gasteiger partial charge in [-0.15, -0.1) is 0 Å². The number of rotatable bonds is 34. The fraction of sp³-hybridized carbons (Fsp3) is 0.756. The van der Waals surface area contributed by atoms with Crippen LogP contribution in [0.5, 0.6) is 0 Å². The molecule has 46 heavy (non-hydrogen) atoms. The highest BCUT2D eigenvalue weighted by molar-refractivity contribution is 5.70. The summed E-state index contributed by atoms with van der Waals surface area (Å²) < 4.78 is 10.6. The molecule has 0 aliphatic heterocycles. The molecule has 266 valence electrons. The van der Waals surface area contributed by atoms with Gasteiger partial charge in [0, 0.05) is 12.8 Å². The third kappa shape index (κ3) is 34.7. The zero-order chi connectivity index (χ0) is 33.6. The Morgan fingerprint density at radius 1 is 0.522 bits per heavy atom. The Kier molecular flexibility index (Phi) is 35.6. The van der Waals surface area contributed by atoms with Gasteiger partial charge in [-0.3, -0.25) is 9.59 Å². The molecule has 5 heteroatoms. The van der Waals surface area contributed by atoms with Gasteiger partial charge in [0.1, 0.15) is 6.61 Å². The predicted octanol–water partition coefficient (Wildman–Crippen LogP) is 11.8. The quantitative estimate of drug-likeness (QED) is 0.0429. The fourth-order valence-corrected chi connectivity index (χ4v) is 5.25. The molecule has 0 aliphatic rings. The molecule has 0 aliphatic carbocycles. The second-order valence-corrected chi connectivity index (χ2v) is 12.6. The number of esters is 2. The lowest BCUT2D eigenvalue weighted by molar-refractivity contribution is -0.161. The Morgan fingerprint density at radius 2 is 0.935 bits per heavy atom. The number of allylic oxidation sites excluding steroid dienone is 8. The first kappa shape index (κ1) is 43.9. The SMILES string of the molecule is CC/C=C\C/C=C\C/C=C\C/C=C\CCCCCCC(=O)OC(CO)COC(=O)CCCCCCCCCCCCCCCCC. The third-order valence-corrected chi connectivity index (χ3v) is 8.14. The number of hydrogen-bond donors (Lipinski definition) is 1. The van der Waals surface area contributed by atoms with E-state index in [1.165, 1.54) is 77.0 Å². The Morgan fingerprint density at radius 3 is 1.41 bits per heavy atom. The van der Waals surface area contributed by atoms with E-state index >= 15 is 0 Å². The van der Waals surface area contributed by atoms with Crippen molar-refractivity contribution in [1.29, 1.82) is 0 Å². The summed E-state index contributed by atoms with van der Waals surface area (Å²) in [7, 11) is 0. The van der Waals surface area contributed by atoms with Crippen LogP contribution in [-0.2, 0) is 19.1 Å². The van der Waals surface area contributed by atoms with Gasteiger partial charge >= 0.3 is 11.9 Å². The minimum Gasteiger partial charge on any atom is -0.462 e. The molecule has 0 saturated carbocycles. The standard InChI is InChI=1S/C41H72O5/c1-3-5-7-9-11-13-15-17-19-20-22-24-26-28-30-32-34-36-41(44)46-39(37-42)38-45-40(43)35-33-31-29-27-25-23-21-18-16-14-12-10-8-6-4-2/h5,7,11,13,17,19,22,24,39,42H,3-4,6,8-10,12,14-16,18,20-21,23,25-38H2,1-2H3/b7-5-,13-11-,19-17-,24-22-.